The van der Waals surface area contributed by atoms with E-state index < -0.39 is 0 Å². The molecule has 0 aliphatic carbocycles. The first-order chi connectivity index (χ1) is 17.0. The second-order valence-corrected chi connectivity index (χ2v) is 11.7. The first kappa shape index (κ1) is 25.9. The van der Waals surface area contributed by atoms with Crippen molar-refractivity contribution in [2.75, 3.05) is 0 Å². The maximum atomic E-state index is 13.7. The molecule has 36 heavy (non-hydrogen) atoms. The molecule has 0 saturated carbocycles. The van der Waals surface area contributed by atoms with Gasteiger partial charge in [0.25, 0.3) is 0 Å². The maximum Gasteiger partial charge on any atom is 0.123 e. The molecule has 2 N–H and O–H groups in total. The lowest BCUT2D eigenvalue weighted by molar-refractivity contribution is 0.307. The Labute approximate surface area is 215 Å². The number of nitrogens with one attached hydrogen (secondary N) is 2. The van der Waals surface area contributed by atoms with Crippen LogP contribution in [0.25, 0.3) is 11.1 Å². The standard InChI is InChI=1S/C31H39FN4/c1-8-27-34-18-25(21-13-15-23(32)16-14-21)29(36-27)31(6,7)17-22-11-9-10-12-24(22)26-19-33-20(2)35-28(26)30(3,4)5/h9-16,18-19,28-29H,8,17H2,1-7H3,(H,33,35)(H,34,36). The van der Waals surface area contributed by atoms with Crippen LogP contribution < -0.4 is 10.6 Å². The molecule has 2 aliphatic rings. The minimum atomic E-state index is -0.230. The number of nitrogens with zero attached hydrogens (tertiary/aromatic N) is 2. The molecule has 5 heteroatoms. The summed E-state index contributed by atoms with van der Waals surface area (Å²) in [5.41, 5.74) is 5.70. The Morgan fingerprint density at radius 2 is 1.50 bits per heavy atom. The summed E-state index contributed by atoms with van der Waals surface area (Å²) in [7, 11) is 0. The van der Waals surface area contributed by atoms with Crippen LogP contribution in [0.1, 0.15) is 71.6 Å². The van der Waals surface area contributed by atoms with E-state index in [2.05, 4.69) is 86.4 Å². The summed E-state index contributed by atoms with van der Waals surface area (Å²) < 4.78 is 13.7. The topological polar surface area (TPSA) is 48.8 Å². The number of amidine groups is 2. The minimum absolute atomic E-state index is 0.0283. The van der Waals surface area contributed by atoms with Crippen molar-refractivity contribution in [2.45, 2.75) is 73.4 Å². The Balaban J connectivity index is 1.72. The summed E-state index contributed by atoms with van der Waals surface area (Å²) in [5.74, 6) is 1.69. The third-order valence-corrected chi connectivity index (χ3v) is 7.18. The van der Waals surface area contributed by atoms with Gasteiger partial charge in [-0.2, -0.15) is 0 Å². The van der Waals surface area contributed by atoms with Gasteiger partial charge in [-0.25, -0.2) is 14.4 Å². The molecule has 190 valence electrons. The summed E-state index contributed by atoms with van der Waals surface area (Å²) in [6.45, 7) is 15.5. The van der Waals surface area contributed by atoms with Crippen LogP contribution in [0.3, 0.4) is 0 Å². The lowest BCUT2D eigenvalue weighted by Gasteiger charge is -2.40. The van der Waals surface area contributed by atoms with Gasteiger partial charge < -0.3 is 10.6 Å². The van der Waals surface area contributed by atoms with Gasteiger partial charge in [-0.1, -0.05) is 77.9 Å². The maximum absolute atomic E-state index is 13.7. The molecular weight excluding hydrogens is 447 g/mol. The van der Waals surface area contributed by atoms with Crippen LogP contribution in [-0.4, -0.2) is 23.8 Å². The third-order valence-electron chi connectivity index (χ3n) is 7.18. The number of rotatable bonds is 6. The van der Waals surface area contributed by atoms with E-state index in [1.165, 1.54) is 28.8 Å². The molecule has 0 saturated heterocycles. The molecule has 2 aromatic rings. The number of hydrogen-bond donors (Lipinski definition) is 2. The Bertz CT molecular complexity index is 1230. The van der Waals surface area contributed by atoms with E-state index >= 15 is 0 Å². The summed E-state index contributed by atoms with van der Waals surface area (Å²) in [6.07, 6.45) is 5.69. The molecule has 2 aromatic carbocycles. The highest BCUT2D eigenvalue weighted by Gasteiger charge is 2.37. The van der Waals surface area contributed by atoms with Gasteiger partial charge in [0.15, 0.2) is 0 Å². The Morgan fingerprint density at radius 1 is 0.833 bits per heavy atom. The van der Waals surface area contributed by atoms with Gasteiger partial charge in [0.2, 0.25) is 0 Å². The van der Waals surface area contributed by atoms with E-state index in [0.29, 0.717) is 0 Å². The Morgan fingerprint density at radius 3 is 2.17 bits per heavy atom. The van der Waals surface area contributed by atoms with Gasteiger partial charge in [0.05, 0.1) is 17.9 Å². The fourth-order valence-corrected chi connectivity index (χ4v) is 5.22. The predicted molar refractivity (Wildman–Crippen MR) is 150 cm³/mol. The molecule has 2 unspecified atom stereocenters. The Hall–Kier alpha value is -3.21. The number of benzene rings is 2. The lowest BCUT2D eigenvalue weighted by atomic mass is 9.72. The van der Waals surface area contributed by atoms with Crippen LogP contribution >= 0.6 is 0 Å². The van der Waals surface area contributed by atoms with Crippen molar-refractivity contribution in [2.24, 2.45) is 20.8 Å². The van der Waals surface area contributed by atoms with Gasteiger partial charge in [-0.15, -0.1) is 0 Å². The lowest BCUT2D eigenvalue weighted by Crippen LogP contribution is -2.48. The highest BCUT2D eigenvalue weighted by Crippen LogP contribution is 2.40. The van der Waals surface area contributed by atoms with Crippen LogP contribution in [-0.2, 0) is 6.42 Å². The zero-order valence-electron chi connectivity index (χ0n) is 22.6. The second-order valence-electron chi connectivity index (χ2n) is 11.7. The van der Waals surface area contributed by atoms with Crippen molar-refractivity contribution in [1.29, 1.82) is 0 Å². The van der Waals surface area contributed by atoms with Crippen LogP contribution in [0.15, 0.2) is 70.9 Å². The first-order valence-corrected chi connectivity index (χ1v) is 12.9. The van der Waals surface area contributed by atoms with Crippen molar-refractivity contribution < 1.29 is 4.39 Å². The van der Waals surface area contributed by atoms with Crippen LogP contribution in [0.5, 0.6) is 0 Å². The van der Waals surface area contributed by atoms with E-state index in [0.717, 1.165) is 35.6 Å². The number of halogens is 1. The first-order valence-electron chi connectivity index (χ1n) is 12.9. The highest BCUT2D eigenvalue weighted by atomic mass is 19.1. The Kier molecular flexibility index (Phi) is 7.21. The van der Waals surface area contributed by atoms with Gasteiger partial charge in [-0.3, -0.25) is 0 Å². The van der Waals surface area contributed by atoms with E-state index in [4.69, 9.17) is 0 Å². The molecule has 0 radical (unpaired) electrons. The smallest absolute Gasteiger partial charge is 0.123 e. The fourth-order valence-electron chi connectivity index (χ4n) is 5.22. The summed E-state index contributed by atoms with van der Waals surface area (Å²) in [4.78, 5) is 9.29. The van der Waals surface area contributed by atoms with Crippen molar-refractivity contribution in [3.8, 4) is 0 Å². The number of hydrogen-bond acceptors (Lipinski definition) is 4. The van der Waals surface area contributed by atoms with Gasteiger partial charge in [-0.05, 0) is 53.0 Å². The zero-order valence-corrected chi connectivity index (χ0v) is 22.6. The predicted octanol–water partition coefficient (Wildman–Crippen LogP) is 6.99. The molecule has 2 aliphatic heterocycles. The monoisotopic (exact) mass is 486 g/mol. The normalized spacial score (nSPS) is 20.4. The van der Waals surface area contributed by atoms with Gasteiger partial charge >= 0.3 is 0 Å². The zero-order chi connectivity index (χ0) is 26.1. The minimum Gasteiger partial charge on any atom is -0.366 e. The average Bonchev–Trinajstić information content (AvgIpc) is 2.84. The van der Waals surface area contributed by atoms with Gasteiger partial charge in [0.1, 0.15) is 11.7 Å². The largest absolute Gasteiger partial charge is 0.366 e. The summed E-state index contributed by atoms with van der Waals surface area (Å²) in [5, 5.41) is 7.32. The fraction of sp³-hybridized carbons (Fsp3) is 0.419. The molecule has 4 rings (SSSR count). The molecular formula is C31H39FN4. The molecule has 0 aromatic heterocycles. The van der Waals surface area contributed by atoms with E-state index in [1.54, 1.807) is 0 Å². The number of aliphatic imine (C=N–C) groups is 2. The van der Waals surface area contributed by atoms with Crippen molar-refractivity contribution in [1.82, 2.24) is 10.6 Å². The molecule has 0 bridgehead atoms. The van der Waals surface area contributed by atoms with Gasteiger partial charge in [0, 0.05) is 30.0 Å². The van der Waals surface area contributed by atoms with E-state index in [1.807, 2.05) is 31.5 Å². The summed E-state index contributed by atoms with van der Waals surface area (Å²) in [6, 6.07) is 15.6. The molecule has 4 nitrogen and oxygen atoms in total. The summed E-state index contributed by atoms with van der Waals surface area (Å²) >= 11 is 0. The molecule has 0 amide bonds. The quantitative estimate of drug-likeness (QED) is 0.462. The molecule has 2 heterocycles. The highest BCUT2D eigenvalue weighted by molar-refractivity contribution is 5.90. The van der Waals surface area contributed by atoms with Crippen LogP contribution in [0, 0.1) is 16.6 Å². The van der Waals surface area contributed by atoms with Crippen LogP contribution in [0.4, 0.5) is 4.39 Å². The SMILES string of the molecule is CCC1=NC=C(c2ccc(F)cc2)C(C(C)(C)Cc2ccccc2C2=CN=C(C)NC2C(C)(C)C)N1. The molecule has 0 spiro atoms. The average molecular weight is 487 g/mol. The molecule has 2 atom stereocenters. The van der Waals surface area contributed by atoms with Crippen molar-refractivity contribution >= 4 is 22.8 Å². The van der Waals surface area contributed by atoms with E-state index in [-0.39, 0.29) is 28.7 Å². The second kappa shape index (κ2) is 10.0. The van der Waals surface area contributed by atoms with Crippen molar-refractivity contribution in [3.63, 3.8) is 0 Å². The third kappa shape index (κ3) is 5.45. The molecule has 0 fully saturated rings. The van der Waals surface area contributed by atoms with Crippen molar-refractivity contribution in [3.05, 3.63) is 83.4 Å². The van der Waals surface area contributed by atoms with E-state index in [9.17, 15) is 4.39 Å². The van der Waals surface area contributed by atoms with Crippen LogP contribution in [0.2, 0.25) is 0 Å².